The number of hydrazine groups is 1. The molecule has 0 heterocycles. The van der Waals surface area contributed by atoms with Gasteiger partial charge in [0.05, 0.1) is 6.04 Å². The molecule has 1 unspecified atom stereocenters. The van der Waals surface area contributed by atoms with Crippen LogP contribution in [0, 0.1) is 12.7 Å². The summed E-state index contributed by atoms with van der Waals surface area (Å²) in [7, 11) is 0. The Kier molecular flexibility index (Phi) is 4.49. The van der Waals surface area contributed by atoms with E-state index in [4.69, 9.17) is 10.6 Å². The number of benzene rings is 2. The van der Waals surface area contributed by atoms with Gasteiger partial charge in [-0.2, -0.15) is 0 Å². The smallest absolute Gasteiger partial charge is 0.126 e. The first-order valence-electron chi connectivity index (χ1n) is 6.10. The van der Waals surface area contributed by atoms with Gasteiger partial charge in [0.2, 0.25) is 0 Å². The molecule has 3 N–H and O–H groups in total. The SMILES string of the molecule is Cc1cc(C(COc2ccccc2)NN)ccc1F. The molecule has 0 bridgehead atoms. The quantitative estimate of drug-likeness (QED) is 0.642. The Morgan fingerprint density at radius 2 is 1.95 bits per heavy atom. The van der Waals surface area contributed by atoms with Crippen molar-refractivity contribution in [2.45, 2.75) is 13.0 Å². The fraction of sp³-hybridized carbons (Fsp3) is 0.200. The number of hydrogen-bond acceptors (Lipinski definition) is 3. The zero-order chi connectivity index (χ0) is 13.7. The van der Waals surface area contributed by atoms with Crippen LogP contribution in [0.4, 0.5) is 4.39 Å². The largest absolute Gasteiger partial charge is 0.492 e. The highest BCUT2D eigenvalue weighted by molar-refractivity contribution is 5.27. The first-order valence-corrected chi connectivity index (χ1v) is 6.10. The summed E-state index contributed by atoms with van der Waals surface area (Å²) in [5.41, 5.74) is 4.18. The summed E-state index contributed by atoms with van der Waals surface area (Å²) in [6, 6.07) is 14.2. The fourth-order valence-corrected chi connectivity index (χ4v) is 1.82. The summed E-state index contributed by atoms with van der Waals surface area (Å²) in [4.78, 5) is 0. The lowest BCUT2D eigenvalue weighted by Gasteiger charge is -2.17. The number of aryl methyl sites for hydroxylation is 1. The van der Waals surface area contributed by atoms with Crippen LogP contribution in [0.3, 0.4) is 0 Å². The highest BCUT2D eigenvalue weighted by Crippen LogP contribution is 2.18. The highest BCUT2D eigenvalue weighted by Gasteiger charge is 2.12. The number of hydrogen-bond donors (Lipinski definition) is 2. The summed E-state index contributed by atoms with van der Waals surface area (Å²) in [5, 5.41) is 0. The van der Waals surface area contributed by atoms with E-state index in [-0.39, 0.29) is 11.9 Å². The van der Waals surface area contributed by atoms with Crippen LogP contribution in [0.5, 0.6) is 5.75 Å². The van der Waals surface area contributed by atoms with Gasteiger partial charge in [0, 0.05) is 0 Å². The number of rotatable bonds is 5. The van der Waals surface area contributed by atoms with Crippen molar-refractivity contribution in [3.05, 3.63) is 65.5 Å². The zero-order valence-corrected chi connectivity index (χ0v) is 10.8. The minimum Gasteiger partial charge on any atom is -0.492 e. The summed E-state index contributed by atoms with van der Waals surface area (Å²) in [6.45, 7) is 2.11. The number of ether oxygens (including phenoxy) is 1. The Morgan fingerprint density at radius 1 is 1.21 bits per heavy atom. The Labute approximate surface area is 112 Å². The van der Waals surface area contributed by atoms with Crippen molar-refractivity contribution >= 4 is 0 Å². The minimum atomic E-state index is -0.219. The van der Waals surface area contributed by atoms with Crippen LogP contribution < -0.4 is 16.0 Å². The monoisotopic (exact) mass is 260 g/mol. The topological polar surface area (TPSA) is 47.3 Å². The molecule has 2 aromatic rings. The Morgan fingerprint density at radius 3 is 2.58 bits per heavy atom. The maximum Gasteiger partial charge on any atom is 0.126 e. The van der Waals surface area contributed by atoms with Gasteiger partial charge in [0.1, 0.15) is 18.2 Å². The molecule has 2 aromatic carbocycles. The van der Waals surface area contributed by atoms with E-state index in [1.807, 2.05) is 30.3 Å². The van der Waals surface area contributed by atoms with Crippen molar-refractivity contribution < 1.29 is 9.13 Å². The van der Waals surface area contributed by atoms with Gasteiger partial charge in [0.15, 0.2) is 0 Å². The molecule has 1 atom stereocenters. The molecule has 0 aromatic heterocycles. The first kappa shape index (κ1) is 13.5. The van der Waals surface area contributed by atoms with E-state index in [9.17, 15) is 4.39 Å². The van der Waals surface area contributed by atoms with Gasteiger partial charge in [-0.25, -0.2) is 9.82 Å². The number of nitrogens with one attached hydrogen (secondary N) is 1. The van der Waals surface area contributed by atoms with Gasteiger partial charge >= 0.3 is 0 Å². The van der Waals surface area contributed by atoms with Crippen LogP contribution in [0.2, 0.25) is 0 Å². The molecule has 0 saturated heterocycles. The second-order valence-electron chi connectivity index (χ2n) is 4.35. The van der Waals surface area contributed by atoms with Gasteiger partial charge in [0.25, 0.3) is 0 Å². The van der Waals surface area contributed by atoms with E-state index >= 15 is 0 Å². The predicted molar refractivity (Wildman–Crippen MR) is 73.1 cm³/mol. The maximum atomic E-state index is 13.2. The summed E-state index contributed by atoms with van der Waals surface area (Å²) >= 11 is 0. The van der Waals surface area contributed by atoms with E-state index < -0.39 is 0 Å². The molecule has 100 valence electrons. The van der Waals surface area contributed by atoms with E-state index in [2.05, 4.69) is 5.43 Å². The average molecular weight is 260 g/mol. The number of nitrogens with two attached hydrogens (primary N) is 1. The molecule has 0 radical (unpaired) electrons. The molecule has 0 aliphatic carbocycles. The summed E-state index contributed by atoms with van der Waals surface area (Å²) < 4.78 is 18.9. The van der Waals surface area contributed by atoms with Gasteiger partial charge < -0.3 is 4.74 Å². The molecule has 2 rings (SSSR count). The third-order valence-corrected chi connectivity index (χ3v) is 2.95. The molecule has 0 amide bonds. The lowest BCUT2D eigenvalue weighted by molar-refractivity contribution is 0.267. The molecule has 0 aliphatic heterocycles. The zero-order valence-electron chi connectivity index (χ0n) is 10.8. The standard InChI is InChI=1S/C15H17FN2O/c1-11-9-12(7-8-14(11)16)15(18-17)10-19-13-5-3-2-4-6-13/h2-9,15,18H,10,17H2,1H3. The Balaban J connectivity index is 2.05. The third kappa shape index (κ3) is 3.53. The maximum absolute atomic E-state index is 13.2. The Hall–Kier alpha value is -1.91. The van der Waals surface area contributed by atoms with Crippen molar-refractivity contribution in [1.82, 2.24) is 5.43 Å². The molecule has 19 heavy (non-hydrogen) atoms. The Bertz CT molecular complexity index is 531. The molecule has 0 spiro atoms. The van der Waals surface area contributed by atoms with E-state index in [0.29, 0.717) is 12.2 Å². The highest BCUT2D eigenvalue weighted by atomic mass is 19.1. The summed E-state index contributed by atoms with van der Waals surface area (Å²) in [5.74, 6) is 6.09. The van der Waals surface area contributed by atoms with E-state index in [1.165, 1.54) is 6.07 Å². The lowest BCUT2D eigenvalue weighted by Crippen LogP contribution is -2.32. The molecule has 0 aliphatic rings. The third-order valence-electron chi connectivity index (χ3n) is 2.95. The molecule has 4 heteroatoms. The van der Waals surface area contributed by atoms with Crippen LogP contribution in [0.25, 0.3) is 0 Å². The second kappa shape index (κ2) is 6.31. The molecule has 0 saturated carbocycles. The number of para-hydroxylation sites is 1. The van der Waals surface area contributed by atoms with Crippen molar-refractivity contribution in [3.8, 4) is 5.75 Å². The van der Waals surface area contributed by atoms with Crippen LogP contribution in [-0.2, 0) is 0 Å². The van der Waals surface area contributed by atoms with Crippen molar-refractivity contribution in [2.24, 2.45) is 5.84 Å². The van der Waals surface area contributed by atoms with E-state index in [1.54, 1.807) is 19.1 Å². The second-order valence-corrected chi connectivity index (χ2v) is 4.35. The van der Waals surface area contributed by atoms with Crippen molar-refractivity contribution in [2.75, 3.05) is 6.61 Å². The van der Waals surface area contributed by atoms with Gasteiger partial charge in [-0.1, -0.05) is 30.3 Å². The van der Waals surface area contributed by atoms with Crippen LogP contribution in [0.15, 0.2) is 48.5 Å². The summed E-state index contributed by atoms with van der Waals surface area (Å²) in [6.07, 6.45) is 0. The fourth-order valence-electron chi connectivity index (χ4n) is 1.82. The molecule has 0 fully saturated rings. The first-order chi connectivity index (χ1) is 9.20. The minimum absolute atomic E-state index is 0.181. The molecular weight excluding hydrogens is 243 g/mol. The van der Waals surface area contributed by atoms with Gasteiger partial charge in [-0.15, -0.1) is 0 Å². The number of halogens is 1. The van der Waals surface area contributed by atoms with Crippen molar-refractivity contribution in [1.29, 1.82) is 0 Å². The predicted octanol–water partition coefficient (Wildman–Crippen LogP) is 2.72. The normalized spacial score (nSPS) is 12.2. The lowest BCUT2D eigenvalue weighted by atomic mass is 10.1. The van der Waals surface area contributed by atoms with Crippen LogP contribution in [-0.4, -0.2) is 6.61 Å². The van der Waals surface area contributed by atoms with Gasteiger partial charge in [-0.05, 0) is 36.2 Å². The average Bonchev–Trinajstić information content (AvgIpc) is 2.44. The van der Waals surface area contributed by atoms with E-state index in [0.717, 1.165) is 11.3 Å². The van der Waals surface area contributed by atoms with Gasteiger partial charge in [-0.3, -0.25) is 5.84 Å². The molecule has 3 nitrogen and oxygen atoms in total. The molecular formula is C15H17FN2O. The van der Waals surface area contributed by atoms with Crippen molar-refractivity contribution in [3.63, 3.8) is 0 Å². The van der Waals surface area contributed by atoms with Crippen LogP contribution >= 0.6 is 0 Å². The van der Waals surface area contributed by atoms with Crippen LogP contribution in [0.1, 0.15) is 17.2 Å².